The number of nitrogens with zero attached hydrogens (tertiary/aromatic N) is 4. The van der Waals surface area contributed by atoms with Gasteiger partial charge in [0.15, 0.2) is 0 Å². The maximum absolute atomic E-state index is 12.4. The van der Waals surface area contributed by atoms with Gasteiger partial charge in [-0.2, -0.15) is 0 Å². The van der Waals surface area contributed by atoms with E-state index in [2.05, 4.69) is 38.7 Å². The van der Waals surface area contributed by atoms with Gasteiger partial charge in [0.25, 0.3) is 5.91 Å². The molecule has 0 atom stereocenters. The van der Waals surface area contributed by atoms with Gasteiger partial charge >= 0.3 is 0 Å². The number of benzene rings is 1. The summed E-state index contributed by atoms with van der Waals surface area (Å²) in [6.07, 6.45) is 3.79. The maximum Gasteiger partial charge on any atom is 0.255 e. The highest BCUT2D eigenvalue weighted by Gasteiger charge is 2.37. The minimum Gasteiger partial charge on any atom is -0.315 e. The molecule has 1 amide bonds. The molecule has 5 rings (SSSR count). The first-order valence-corrected chi connectivity index (χ1v) is 7.44. The van der Waals surface area contributed by atoms with E-state index in [0.29, 0.717) is 13.1 Å². The zero-order chi connectivity index (χ0) is 14.7. The van der Waals surface area contributed by atoms with Gasteiger partial charge in [0.05, 0.1) is 30.2 Å². The van der Waals surface area contributed by atoms with Crippen LogP contribution >= 0.6 is 0 Å². The van der Waals surface area contributed by atoms with Gasteiger partial charge in [-0.15, -0.1) is 0 Å². The van der Waals surface area contributed by atoms with Crippen LogP contribution in [0.5, 0.6) is 0 Å². The Morgan fingerprint density at radius 2 is 1.95 bits per heavy atom. The van der Waals surface area contributed by atoms with Gasteiger partial charge in [-0.3, -0.25) is 14.7 Å². The van der Waals surface area contributed by atoms with Crippen LogP contribution in [0.15, 0.2) is 53.7 Å². The highest BCUT2D eigenvalue weighted by molar-refractivity contribution is 6.12. The van der Waals surface area contributed by atoms with Gasteiger partial charge in [0, 0.05) is 18.8 Å². The standard InChI is InChI=1S/C17H14N4O/c22-16-10-15-14-6-3-8-19(14)13-5-2-1-4-12(13)11-21(15)17-18-7-9-20(16)17/h1-6,8,10H,7,9,11H2. The number of hydrogen-bond donors (Lipinski definition) is 0. The lowest BCUT2D eigenvalue weighted by Crippen LogP contribution is -2.46. The lowest BCUT2D eigenvalue weighted by atomic mass is 10.1. The number of amides is 1. The number of aliphatic imine (C=N–C) groups is 1. The van der Waals surface area contributed by atoms with Gasteiger partial charge in [0.1, 0.15) is 0 Å². The van der Waals surface area contributed by atoms with Crippen molar-refractivity contribution in [2.45, 2.75) is 6.54 Å². The van der Waals surface area contributed by atoms with Crippen molar-refractivity contribution in [3.8, 4) is 5.69 Å². The Balaban J connectivity index is 1.80. The van der Waals surface area contributed by atoms with Crippen molar-refractivity contribution >= 4 is 17.6 Å². The molecule has 3 aliphatic heterocycles. The monoisotopic (exact) mass is 290 g/mol. The summed E-state index contributed by atoms with van der Waals surface area (Å²) in [5.41, 5.74) is 4.36. The van der Waals surface area contributed by atoms with Crippen LogP contribution < -0.4 is 0 Å². The average molecular weight is 290 g/mol. The molecule has 2 aromatic rings. The molecule has 0 fully saturated rings. The molecule has 4 heterocycles. The number of para-hydroxylation sites is 1. The summed E-state index contributed by atoms with van der Waals surface area (Å²) in [6.45, 7) is 2.09. The van der Waals surface area contributed by atoms with Crippen LogP contribution in [-0.4, -0.2) is 39.3 Å². The Kier molecular flexibility index (Phi) is 2.20. The number of rotatable bonds is 0. The molecular weight excluding hydrogens is 276 g/mol. The van der Waals surface area contributed by atoms with Crippen LogP contribution in [0, 0.1) is 0 Å². The Morgan fingerprint density at radius 1 is 1.05 bits per heavy atom. The normalized spacial score (nSPS) is 18.8. The third-order valence-corrected chi connectivity index (χ3v) is 4.47. The Labute approximate surface area is 127 Å². The van der Waals surface area contributed by atoms with Gasteiger partial charge in [0.2, 0.25) is 5.96 Å². The Bertz CT molecular complexity index is 861. The summed E-state index contributed by atoms with van der Waals surface area (Å²) in [5, 5.41) is 0. The van der Waals surface area contributed by atoms with Gasteiger partial charge in [-0.1, -0.05) is 18.2 Å². The molecule has 0 saturated carbocycles. The van der Waals surface area contributed by atoms with E-state index >= 15 is 0 Å². The molecule has 5 nitrogen and oxygen atoms in total. The van der Waals surface area contributed by atoms with Gasteiger partial charge < -0.3 is 9.47 Å². The summed E-state index contributed by atoms with van der Waals surface area (Å²) >= 11 is 0. The predicted molar refractivity (Wildman–Crippen MR) is 83.3 cm³/mol. The van der Waals surface area contributed by atoms with Gasteiger partial charge in [-0.25, -0.2) is 0 Å². The quantitative estimate of drug-likeness (QED) is 0.743. The Morgan fingerprint density at radius 3 is 2.91 bits per heavy atom. The zero-order valence-electron chi connectivity index (χ0n) is 11.9. The van der Waals surface area contributed by atoms with E-state index in [0.717, 1.165) is 29.6 Å². The third kappa shape index (κ3) is 1.43. The third-order valence-electron chi connectivity index (χ3n) is 4.47. The zero-order valence-corrected chi connectivity index (χ0v) is 11.9. The van der Waals surface area contributed by atoms with Crippen LogP contribution in [0.4, 0.5) is 0 Å². The second kappa shape index (κ2) is 4.10. The smallest absolute Gasteiger partial charge is 0.255 e. The van der Waals surface area contributed by atoms with Crippen molar-refractivity contribution in [3.63, 3.8) is 0 Å². The van der Waals surface area contributed by atoms with Crippen molar-refractivity contribution in [1.29, 1.82) is 0 Å². The van der Waals surface area contributed by atoms with E-state index in [9.17, 15) is 4.79 Å². The van der Waals surface area contributed by atoms with E-state index in [4.69, 9.17) is 0 Å². The Hall–Kier alpha value is -2.82. The number of hydrogen-bond acceptors (Lipinski definition) is 3. The summed E-state index contributed by atoms with van der Waals surface area (Å²) in [5.74, 6) is 0.813. The lowest BCUT2D eigenvalue weighted by Gasteiger charge is -2.33. The first-order chi connectivity index (χ1) is 10.8. The number of fused-ring (bicyclic) bond motifs is 7. The molecule has 108 valence electrons. The molecule has 22 heavy (non-hydrogen) atoms. The average Bonchev–Trinajstić information content (AvgIpc) is 3.17. The summed E-state index contributed by atoms with van der Waals surface area (Å²) < 4.78 is 2.15. The summed E-state index contributed by atoms with van der Waals surface area (Å²) in [6, 6.07) is 12.4. The van der Waals surface area contributed by atoms with Crippen LogP contribution in [0.2, 0.25) is 0 Å². The van der Waals surface area contributed by atoms with E-state index in [1.165, 1.54) is 5.56 Å². The molecule has 0 radical (unpaired) electrons. The predicted octanol–water partition coefficient (Wildman–Crippen LogP) is 1.85. The van der Waals surface area contributed by atoms with E-state index in [1.807, 2.05) is 18.3 Å². The number of carbonyl (C=O) groups excluding carboxylic acids is 1. The minimum absolute atomic E-state index is 0.0289. The maximum atomic E-state index is 12.4. The number of guanidine groups is 1. The van der Waals surface area contributed by atoms with Crippen molar-refractivity contribution in [1.82, 2.24) is 14.4 Å². The molecule has 3 aliphatic rings. The molecule has 1 aromatic heterocycles. The topological polar surface area (TPSA) is 40.8 Å². The molecule has 0 spiro atoms. The second-order valence-electron chi connectivity index (χ2n) is 5.68. The molecule has 0 saturated heterocycles. The molecule has 0 N–H and O–H groups in total. The SMILES string of the molecule is O=C1C=C2c3cccn3-c3ccccc3CN2C2=NCCN12. The fourth-order valence-electron chi connectivity index (χ4n) is 3.47. The summed E-state index contributed by atoms with van der Waals surface area (Å²) in [7, 11) is 0. The lowest BCUT2D eigenvalue weighted by molar-refractivity contribution is -0.122. The van der Waals surface area contributed by atoms with E-state index in [-0.39, 0.29) is 5.91 Å². The number of carbonyl (C=O) groups is 1. The van der Waals surface area contributed by atoms with E-state index in [1.54, 1.807) is 11.0 Å². The number of aromatic nitrogens is 1. The van der Waals surface area contributed by atoms with E-state index < -0.39 is 0 Å². The minimum atomic E-state index is 0.0289. The molecule has 0 bridgehead atoms. The van der Waals surface area contributed by atoms with Crippen molar-refractivity contribution in [2.75, 3.05) is 13.1 Å². The first kappa shape index (κ1) is 11.8. The first-order valence-electron chi connectivity index (χ1n) is 7.44. The van der Waals surface area contributed by atoms with Crippen molar-refractivity contribution in [2.24, 2.45) is 4.99 Å². The summed E-state index contributed by atoms with van der Waals surface area (Å²) in [4.78, 5) is 20.9. The fraction of sp³-hybridized carbons (Fsp3) is 0.176. The van der Waals surface area contributed by atoms with Gasteiger partial charge in [-0.05, 0) is 23.8 Å². The molecule has 5 heteroatoms. The highest BCUT2D eigenvalue weighted by Crippen LogP contribution is 2.34. The second-order valence-corrected chi connectivity index (χ2v) is 5.68. The van der Waals surface area contributed by atoms with Crippen LogP contribution in [0.25, 0.3) is 11.4 Å². The van der Waals surface area contributed by atoms with Crippen LogP contribution in [0.1, 0.15) is 11.3 Å². The molecule has 0 aliphatic carbocycles. The fourth-order valence-corrected chi connectivity index (χ4v) is 3.47. The molecular formula is C17H14N4O. The molecule has 1 aromatic carbocycles. The van der Waals surface area contributed by atoms with Crippen LogP contribution in [-0.2, 0) is 11.3 Å². The highest BCUT2D eigenvalue weighted by atomic mass is 16.2. The van der Waals surface area contributed by atoms with Crippen LogP contribution in [0.3, 0.4) is 0 Å². The largest absolute Gasteiger partial charge is 0.315 e. The molecule has 0 unspecified atom stereocenters. The van der Waals surface area contributed by atoms with Crippen molar-refractivity contribution < 1.29 is 4.79 Å². The van der Waals surface area contributed by atoms with Crippen molar-refractivity contribution in [3.05, 3.63) is 59.9 Å².